The first-order valence-corrected chi connectivity index (χ1v) is 9.60. The predicted molar refractivity (Wildman–Crippen MR) is 113 cm³/mol. The highest BCUT2D eigenvalue weighted by atomic mass is 19.1. The number of aromatic nitrogens is 1. The molecule has 0 aliphatic carbocycles. The first-order valence-electron chi connectivity index (χ1n) is 9.60. The van der Waals surface area contributed by atoms with Gasteiger partial charge in [-0.15, -0.1) is 0 Å². The lowest BCUT2D eigenvalue weighted by molar-refractivity contribution is -0.144. The topological polar surface area (TPSA) is 107 Å². The number of rotatable bonds is 9. The van der Waals surface area contributed by atoms with Gasteiger partial charge in [0.15, 0.2) is 6.10 Å². The van der Waals surface area contributed by atoms with E-state index in [0.29, 0.717) is 11.5 Å². The van der Waals surface area contributed by atoms with Crippen LogP contribution in [0.4, 0.5) is 4.39 Å². The molecular formula is C23H21FN2O6. The molecule has 2 N–H and O–H groups in total. The number of carbonyl (C=O) groups is 2. The summed E-state index contributed by atoms with van der Waals surface area (Å²) in [6, 6.07) is 13.9. The third-order valence-corrected chi connectivity index (χ3v) is 4.40. The summed E-state index contributed by atoms with van der Waals surface area (Å²) in [5.74, 6) is -1.11. The van der Waals surface area contributed by atoms with Gasteiger partial charge in [-0.05, 0) is 37.3 Å². The van der Waals surface area contributed by atoms with E-state index in [4.69, 9.17) is 19.3 Å². The van der Waals surface area contributed by atoms with Crippen LogP contribution in [-0.2, 0) is 11.3 Å². The largest absolute Gasteiger partial charge is 0.497 e. The number of nitrogens with zero attached hydrogens (tertiary/aromatic N) is 1. The number of pyridine rings is 1. The van der Waals surface area contributed by atoms with Gasteiger partial charge in [0.25, 0.3) is 5.91 Å². The van der Waals surface area contributed by atoms with Gasteiger partial charge < -0.3 is 24.6 Å². The standard InChI is InChI=1S/C23H21FN2O6/c1-14(23(28)29)31-18-9-8-15(20(24)12-18)13-26-21(27)19-7-4-10-25-22(19)32-17-6-3-5-16(11-17)30-2/h3-12,14H,13H2,1-2H3,(H,26,27)(H,28,29). The fourth-order valence-corrected chi connectivity index (χ4v) is 2.69. The number of methoxy groups -OCH3 is 1. The van der Waals surface area contributed by atoms with E-state index in [9.17, 15) is 14.0 Å². The number of carboxylic acid groups (broad SMARTS) is 1. The normalized spacial score (nSPS) is 11.3. The maximum absolute atomic E-state index is 14.4. The molecule has 1 aromatic heterocycles. The summed E-state index contributed by atoms with van der Waals surface area (Å²) >= 11 is 0. The van der Waals surface area contributed by atoms with Gasteiger partial charge in [0.2, 0.25) is 5.88 Å². The number of benzene rings is 2. The number of hydrogen-bond donors (Lipinski definition) is 2. The number of carbonyl (C=O) groups excluding carboxylic acids is 1. The maximum atomic E-state index is 14.4. The second kappa shape index (κ2) is 10.3. The molecule has 3 aromatic rings. The van der Waals surface area contributed by atoms with Gasteiger partial charge in [-0.25, -0.2) is 14.2 Å². The van der Waals surface area contributed by atoms with Gasteiger partial charge in [0.05, 0.1) is 7.11 Å². The van der Waals surface area contributed by atoms with E-state index in [1.165, 1.54) is 32.4 Å². The quantitative estimate of drug-likeness (QED) is 0.521. The van der Waals surface area contributed by atoms with Crippen LogP contribution in [0.5, 0.6) is 23.1 Å². The Morgan fingerprint density at radius 3 is 2.59 bits per heavy atom. The van der Waals surface area contributed by atoms with Crippen LogP contribution in [0, 0.1) is 5.82 Å². The van der Waals surface area contributed by atoms with E-state index >= 15 is 0 Å². The van der Waals surface area contributed by atoms with Crippen LogP contribution in [-0.4, -0.2) is 35.2 Å². The molecule has 32 heavy (non-hydrogen) atoms. The van der Waals surface area contributed by atoms with Crippen molar-refractivity contribution in [1.29, 1.82) is 0 Å². The minimum atomic E-state index is -1.16. The van der Waals surface area contributed by atoms with Crippen LogP contribution >= 0.6 is 0 Å². The smallest absolute Gasteiger partial charge is 0.344 e. The van der Waals surface area contributed by atoms with Gasteiger partial charge in [0, 0.05) is 30.4 Å². The molecule has 9 heteroatoms. The summed E-state index contributed by atoms with van der Waals surface area (Å²) in [7, 11) is 1.53. The summed E-state index contributed by atoms with van der Waals surface area (Å²) in [4.78, 5) is 27.7. The van der Waals surface area contributed by atoms with Gasteiger partial charge in [-0.1, -0.05) is 12.1 Å². The second-order valence-corrected chi connectivity index (χ2v) is 6.67. The number of nitrogens with one attached hydrogen (secondary N) is 1. The minimum absolute atomic E-state index is 0.0775. The summed E-state index contributed by atoms with van der Waals surface area (Å²) in [6.07, 6.45) is 0.372. The zero-order valence-electron chi connectivity index (χ0n) is 17.4. The van der Waals surface area contributed by atoms with Crippen LogP contribution in [0.1, 0.15) is 22.8 Å². The van der Waals surface area contributed by atoms with Crippen LogP contribution < -0.4 is 19.5 Å². The lowest BCUT2D eigenvalue weighted by atomic mass is 10.2. The highest BCUT2D eigenvalue weighted by Gasteiger charge is 2.17. The van der Waals surface area contributed by atoms with Crippen molar-refractivity contribution in [3.8, 4) is 23.1 Å². The molecule has 3 rings (SSSR count). The Balaban J connectivity index is 1.68. The molecule has 1 unspecified atom stereocenters. The third kappa shape index (κ3) is 5.72. The van der Waals surface area contributed by atoms with E-state index in [1.54, 1.807) is 36.4 Å². The number of aliphatic carboxylic acids is 1. The molecule has 0 aliphatic heterocycles. The van der Waals surface area contributed by atoms with Crippen molar-refractivity contribution in [2.24, 2.45) is 0 Å². The summed E-state index contributed by atoms with van der Waals surface area (Å²) in [5.41, 5.74) is 0.374. The highest BCUT2D eigenvalue weighted by Crippen LogP contribution is 2.26. The average Bonchev–Trinajstić information content (AvgIpc) is 2.78. The Hall–Kier alpha value is -4.14. The lowest BCUT2D eigenvalue weighted by Gasteiger charge is -2.13. The Bertz CT molecular complexity index is 1120. The van der Waals surface area contributed by atoms with Gasteiger partial charge in [-0.2, -0.15) is 0 Å². The van der Waals surface area contributed by atoms with Crippen molar-refractivity contribution in [1.82, 2.24) is 10.3 Å². The summed E-state index contributed by atoms with van der Waals surface area (Å²) in [5, 5.41) is 11.5. The van der Waals surface area contributed by atoms with Crippen LogP contribution in [0.3, 0.4) is 0 Å². The second-order valence-electron chi connectivity index (χ2n) is 6.67. The van der Waals surface area contributed by atoms with Crippen molar-refractivity contribution >= 4 is 11.9 Å². The molecule has 1 atom stereocenters. The van der Waals surface area contributed by atoms with Crippen molar-refractivity contribution in [3.05, 3.63) is 77.7 Å². The molecule has 0 saturated carbocycles. The highest BCUT2D eigenvalue weighted by molar-refractivity contribution is 5.96. The van der Waals surface area contributed by atoms with E-state index in [1.807, 2.05) is 0 Å². The minimum Gasteiger partial charge on any atom is -0.497 e. The molecule has 0 radical (unpaired) electrons. The van der Waals surface area contributed by atoms with Crippen LogP contribution in [0.25, 0.3) is 0 Å². The van der Waals surface area contributed by atoms with Crippen LogP contribution in [0.2, 0.25) is 0 Å². The molecule has 0 spiro atoms. The van der Waals surface area contributed by atoms with Gasteiger partial charge >= 0.3 is 5.97 Å². The molecule has 0 bridgehead atoms. The fraction of sp³-hybridized carbons (Fsp3) is 0.174. The zero-order valence-corrected chi connectivity index (χ0v) is 17.4. The molecular weight excluding hydrogens is 419 g/mol. The fourth-order valence-electron chi connectivity index (χ4n) is 2.69. The van der Waals surface area contributed by atoms with Gasteiger partial charge in [0.1, 0.15) is 28.6 Å². The summed E-state index contributed by atoms with van der Waals surface area (Å²) in [6.45, 7) is 1.24. The molecule has 0 saturated heterocycles. The first-order chi connectivity index (χ1) is 15.4. The molecule has 1 amide bonds. The molecule has 166 valence electrons. The van der Waals surface area contributed by atoms with Crippen molar-refractivity contribution < 1.29 is 33.3 Å². The van der Waals surface area contributed by atoms with Crippen molar-refractivity contribution in [2.75, 3.05) is 7.11 Å². The molecule has 2 aromatic carbocycles. The SMILES string of the molecule is COc1cccc(Oc2ncccc2C(=O)NCc2ccc(OC(C)C(=O)O)cc2F)c1. The van der Waals surface area contributed by atoms with E-state index in [2.05, 4.69) is 10.3 Å². The van der Waals surface area contributed by atoms with Crippen LogP contribution in [0.15, 0.2) is 60.8 Å². The van der Waals surface area contributed by atoms with Crippen molar-refractivity contribution in [2.45, 2.75) is 19.6 Å². The molecule has 0 fully saturated rings. The zero-order chi connectivity index (χ0) is 23.1. The Kier molecular flexibility index (Phi) is 7.22. The predicted octanol–water partition coefficient (Wildman–Crippen LogP) is 3.80. The van der Waals surface area contributed by atoms with Crippen molar-refractivity contribution in [3.63, 3.8) is 0 Å². The Morgan fingerprint density at radius 1 is 1.09 bits per heavy atom. The number of carboxylic acids is 1. The first kappa shape index (κ1) is 22.5. The van der Waals surface area contributed by atoms with E-state index < -0.39 is 23.8 Å². The molecule has 0 aliphatic rings. The molecule has 8 nitrogen and oxygen atoms in total. The Labute approximate surface area is 183 Å². The third-order valence-electron chi connectivity index (χ3n) is 4.40. The summed E-state index contributed by atoms with van der Waals surface area (Å²) < 4.78 is 30.4. The van der Waals surface area contributed by atoms with E-state index in [-0.39, 0.29) is 29.3 Å². The monoisotopic (exact) mass is 440 g/mol. The number of amides is 1. The van der Waals surface area contributed by atoms with E-state index in [0.717, 1.165) is 6.07 Å². The maximum Gasteiger partial charge on any atom is 0.344 e. The number of hydrogen-bond acceptors (Lipinski definition) is 6. The number of ether oxygens (including phenoxy) is 3. The number of halogens is 1. The van der Waals surface area contributed by atoms with Gasteiger partial charge in [-0.3, -0.25) is 4.79 Å². The average molecular weight is 440 g/mol. The molecule has 1 heterocycles. The Morgan fingerprint density at radius 2 is 1.88 bits per heavy atom. The lowest BCUT2D eigenvalue weighted by Crippen LogP contribution is -2.24.